The molecule has 0 aliphatic heterocycles. The van der Waals surface area contributed by atoms with Crippen LogP contribution in [0, 0.1) is 0 Å². The highest BCUT2D eigenvalue weighted by Gasteiger charge is 2.07. The van der Waals surface area contributed by atoms with Gasteiger partial charge in [-0.25, -0.2) is 4.79 Å². The predicted octanol–water partition coefficient (Wildman–Crippen LogP) is 1.61. The number of hydrogen-bond donors (Lipinski definition) is 1. The SMILES string of the molecule is CNCc1cc(Cl)ccc1OCC(=O)OC. The molecule has 0 saturated heterocycles. The Bertz CT molecular complexity index is 368. The number of esters is 1. The Kier molecular flexibility index (Phi) is 5.08. The van der Waals surface area contributed by atoms with Crippen molar-refractivity contribution >= 4 is 17.6 Å². The number of carbonyl (C=O) groups excluding carboxylic acids is 1. The van der Waals surface area contributed by atoms with Crippen LogP contribution in [0.2, 0.25) is 5.02 Å². The summed E-state index contributed by atoms with van der Waals surface area (Å²) >= 11 is 5.87. The van der Waals surface area contributed by atoms with Crippen molar-refractivity contribution in [1.82, 2.24) is 5.32 Å². The van der Waals surface area contributed by atoms with Crippen LogP contribution < -0.4 is 10.1 Å². The summed E-state index contributed by atoms with van der Waals surface area (Å²) < 4.78 is 9.81. The predicted molar refractivity (Wildman–Crippen MR) is 61.7 cm³/mol. The van der Waals surface area contributed by atoms with Gasteiger partial charge in [-0.1, -0.05) is 11.6 Å². The summed E-state index contributed by atoms with van der Waals surface area (Å²) in [6, 6.07) is 5.25. The van der Waals surface area contributed by atoms with E-state index in [1.807, 2.05) is 7.05 Å². The monoisotopic (exact) mass is 243 g/mol. The standard InChI is InChI=1S/C11H14ClNO3/c1-13-6-8-5-9(12)3-4-10(8)16-7-11(14)15-2/h3-5,13H,6-7H2,1-2H3. The highest BCUT2D eigenvalue weighted by molar-refractivity contribution is 6.30. The summed E-state index contributed by atoms with van der Waals surface area (Å²) in [5.74, 6) is 0.217. The number of rotatable bonds is 5. The van der Waals surface area contributed by atoms with Gasteiger partial charge >= 0.3 is 5.97 Å². The van der Waals surface area contributed by atoms with Crippen molar-refractivity contribution in [2.24, 2.45) is 0 Å². The fourth-order valence-electron chi connectivity index (χ4n) is 1.21. The molecule has 1 aromatic carbocycles. The van der Waals surface area contributed by atoms with Crippen molar-refractivity contribution < 1.29 is 14.3 Å². The second-order valence-electron chi connectivity index (χ2n) is 3.15. The third-order valence-electron chi connectivity index (χ3n) is 1.96. The van der Waals surface area contributed by atoms with Crippen LogP contribution in [0.4, 0.5) is 0 Å². The summed E-state index contributed by atoms with van der Waals surface area (Å²) in [6.45, 7) is 0.520. The highest BCUT2D eigenvalue weighted by atomic mass is 35.5. The molecule has 16 heavy (non-hydrogen) atoms. The Morgan fingerprint density at radius 3 is 2.88 bits per heavy atom. The molecule has 0 atom stereocenters. The summed E-state index contributed by atoms with van der Waals surface area (Å²) in [7, 11) is 3.15. The van der Waals surface area contributed by atoms with Gasteiger partial charge < -0.3 is 14.8 Å². The van der Waals surface area contributed by atoms with E-state index in [4.69, 9.17) is 16.3 Å². The average Bonchev–Trinajstić information content (AvgIpc) is 2.28. The number of nitrogens with one attached hydrogen (secondary N) is 1. The Morgan fingerprint density at radius 2 is 2.25 bits per heavy atom. The minimum Gasteiger partial charge on any atom is -0.482 e. The molecule has 5 heteroatoms. The van der Waals surface area contributed by atoms with Crippen LogP contribution in [0.1, 0.15) is 5.56 Å². The smallest absolute Gasteiger partial charge is 0.343 e. The van der Waals surface area contributed by atoms with E-state index in [0.29, 0.717) is 17.3 Å². The summed E-state index contributed by atoms with van der Waals surface area (Å²) in [5.41, 5.74) is 0.902. The first-order chi connectivity index (χ1) is 7.67. The number of ether oxygens (including phenoxy) is 2. The van der Waals surface area contributed by atoms with Crippen molar-refractivity contribution in [2.45, 2.75) is 6.54 Å². The molecule has 0 unspecified atom stereocenters. The Morgan fingerprint density at radius 1 is 1.50 bits per heavy atom. The number of benzene rings is 1. The van der Waals surface area contributed by atoms with Gasteiger partial charge in [0, 0.05) is 17.1 Å². The molecule has 0 amide bonds. The number of hydrogen-bond acceptors (Lipinski definition) is 4. The molecule has 1 aromatic rings. The van der Waals surface area contributed by atoms with Crippen LogP contribution in [0.3, 0.4) is 0 Å². The van der Waals surface area contributed by atoms with E-state index in [9.17, 15) is 4.79 Å². The molecule has 1 N–H and O–H groups in total. The fourth-order valence-corrected chi connectivity index (χ4v) is 1.41. The van der Waals surface area contributed by atoms with E-state index >= 15 is 0 Å². The first-order valence-electron chi connectivity index (χ1n) is 4.80. The van der Waals surface area contributed by atoms with Gasteiger partial charge in [-0.05, 0) is 25.2 Å². The van der Waals surface area contributed by atoms with Gasteiger partial charge in [-0.15, -0.1) is 0 Å². The van der Waals surface area contributed by atoms with Gasteiger partial charge in [-0.2, -0.15) is 0 Å². The van der Waals surface area contributed by atoms with Crippen molar-refractivity contribution in [3.05, 3.63) is 28.8 Å². The number of halogens is 1. The minimum absolute atomic E-state index is 0.102. The van der Waals surface area contributed by atoms with Crippen LogP contribution in [0.25, 0.3) is 0 Å². The van der Waals surface area contributed by atoms with Crippen LogP contribution in [0.15, 0.2) is 18.2 Å². The third-order valence-corrected chi connectivity index (χ3v) is 2.20. The molecule has 0 bridgehead atoms. The Balaban J connectivity index is 2.73. The molecule has 0 aliphatic rings. The lowest BCUT2D eigenvalue weighted by Crippen LogP contribution is -2.14. The maximum absolute atomic E-state index is 10.9. The molecule has 4 nitrogen and oxygen atoms in total. The van der Waals surface area contributed by atoms with E-state index in [-0.39, 0.29) is 6.61 Å². The Labute approximate surface area is 99.5 Å². The lowest BCUT2D eigenvalue weighted by atomic mass is 10.2. The van der Waals surface area contributed by atoms with Crippen LogP contribution >= 0.6 is 11.6 Å². The minimum atomic E-state index is -0.412. The third kappa shape index (κ3) is 3.72. The van der Waals surface area contributed by atoms with Gasteiger partial charge in [0.1, 0.15) is 5.75 Å². The molecular formula is C11H14ClNO3. The average molecular weight is 244 g/mol. The summed E-state index contributed by atoms with van der Waals surface area (Å²) in [6.07, 6.45) is 0. The second-order valence-corrected chi connectivity index (χ2v) is 3.58. The topological polar surface area (TPSA) is 47.6 Å². The van der Waals surface area contributed by atoms with Gasteiger partial charge in [0.25, 0.3) is 0 Å². The van der Waals surface area contributed by atoms with E-state index in [1.54, 1.807) is 18.2 Å². The lowest BCUT2D eigenvalue weighted by molar-refractivity contribution is -0.142. The second kappa shape index (κ2) is 6.35. The van der Waals surface area contributed by atoms with Crippen LogP contribution in [-0.2, 0) is 16.1 Å². The molecule has 0 aliphatic carbocycles. The number of methoxy groups -OCH3 is 1. The van der Waals surface area contributed by atoms with Crippen molar-refractivity contribution in [2.75, 3.05) is 20.8 Å². The van der Waals surface area contributed by atoms with E-state index < -0.39 is 5.97 Å². The quantitative estimate of drug-likeness (QED) is 0.799. The van der Waals surface area contributed by atoms with Crippen LogP contribution in [0.5, 0.6) is 5.75 Å². The lowest BCUT2D eigenvalue weighted by Gasteiger charge is -2.10. The zero-order chi connectivity index (χ0) is 12.0. The highest BCUT2D eigenvalue weighted by Crippen LogP contribution is 2.22. The van der Waals surface area contributed by atoms with Crippen LogP contribution in [-0.4, -0.2) is 26.7 Å². The van der Waals surface area contributed by atoms with Crippen molar-refractivity contribution in [3.8, 4) is 5.75 Å². The summed E-state index contributed by atoms with van der Waals surface area (Å²) in [4.78, 5) is 10.9. The molecule has 1 rings (SSSR count). The van der Waals surface area contributed by atoms with Crippen molar-refractivity contribution in [1.29, 1.82) is 0 Å². The summed E-state index contributed by atoms with van der Waals surface area (Å²) in [5, 5.41) is 3.63. The van der Waals surface area contributed by atoms with Gasteiger partial charge in [-0.3, -0.25) is 0 Å². The van der Waals surface area contributed by atoms with Gasteiger partial charge in [0.15, 0.2) is 6.61 Å². The molecule has 0 aromatic heterocycles. The fraction of sp³-hybridized carbons (Fsp3) is 0.364. The normalized spacial score (nSPS) is 9.94. The zero-order valence-electron chi connectivity index (χ0n) is 9.25. The molecular weight excluding hydrogens is 230 g/mol. The van der Waals surface area contributed by atoms with Gasteiger partial charge in [0.2, 0.25) is 0 Å². The zero-order valence-corrected chi connectivity index (χ0v) is 10.0. The molecule has 0 fully saturated rings. The van der Waals surface area contributed by atoms with E-state index in [0.717, 1.165) is 5.56 Å². The molecule has 0 saturated carbocycles. The molecule has 0 radical (unpaired) electrons. The maximum Gasteiger partial charge on any atom is 0.343 e. The molecule has 0 heterocycles. The first kappa shape index (κ1) is 12.8. The van der Waals surface area contributed by atoms with E-state index in [1.165, 1.54) is 7.11 Å². The van der Waals surface area contributed by atoms with Gasteiger partial charge in [0.05, 0.1) is 7.11 Å². The largest absolute Gasteiger partial charge is 0.482 e. The molecule has 0 spiro atoms. The van der Waals surface area contributed by atoms with E-state index in [2.05, 4.69) is 10.1 Å². The molecule has 88 valence electrons. The number of carbonyl (C=O) groups is 1. The first-order valence-corrected chi connectivity index (χ1v) is 5.17. The maximum atomic E-state index is 10.9. The Hall–Kier alpha value is -1.26. The van der Waals surface area contributed by atoms with Crippen molar-refractivity contribution in [3.63, 3.8) is 0 Å².